The van der Waals surface area contributed by atoms with Crippen LogP contribution in [-0.4, -0.2) is 84.0 Å². The number of hydrogen-bond donors (Lipinski definition) is 6. The number of carboxylic acid groups (broad SMARTS) is 2. The second-order valence-electron chi connectivity index (χ2n) is 7.60. The third kappa shape index (κ3) is 5.60. The number of nitrogens with zero attached hydrogens (tertiary/aromatic N) is 3. The van der Waals surface area contributed by atoms with Gasteiger partial charge in [0.1, 0.15) is 35.8 Å². The lowest BCUT2D eigenvalue weighted by atomic mass is 9.82. The molecule has 1 aliphatic heterocycles. The zero-order valence-corrected chi connectivity index (χ0v) is 17.4. The van der Waals surface area contributed by atoms with E-state index in [4.69, 9.17) is 25.6 Å². The summed E-state index contributed by atoms with van der Waals surface area (Å²) in [6.07, 6.45) is 2.08. The molecule has 14 heteroatoms. The molecule has 1 amide bonds. The Balaban J connectivity index is 1.61. The van der Waals surface area contributed by atoms with Gasteiger partial charge in [0.05, 0.1) is 25.1 Å². The Morgan fingerprint density at radius 3 is 2.55 bits per heavy atom. The molecule has 7 N–H and O–H groups in total. The molecule has 3 rings (SSSR count). The Morgan fingerprint density at radius 1 is 1.24 bits per heavy atom. The fourth-order valence-electron chi connectivity index (χ4n) is 3.38. The van der Waals surface area contributed by atoms with Gasteiger partial charge in [-0.15, -0.1) is 0 Å². The molecule has 2 aromatic rings. The van der Waals surface area contributed by atoms with E-state index in [1.807, 2.05) is 0 Å². The average molecular weight is 462 g/mol. The number of rotatable bonds is 10. The van der Waals surface area contributed by atoms with E-state index < -0.39 is 48.4 Å². The van der Waals surface area contributed by atoms with E-state index in [1.54, 1.807) is 0 Å². The van der Waals surface area contributed by atoms with Crippen molar-refractivity contribution in [2.24, 2.45) is 5.73 Å². The second-order valence-corrected chi connectivity index (χ2v) is 7.60. The molecule has 33 heavy (non-hydrogen) atoms. The molecule has 1 saturated heterocycles. The van der Waals surface area contributed by atoms with Gasteiger partial charge in [0.25, 0.3) is 0 Å². The minimum Gasteiger partial charge on any atom is -0.507 e. The standard InChI is InChI=1S/C19H23BN4O9/c21-16(12-7-23(9-22-12)8-14(25)26)18(28)24-5-11(6-24)33-13-2-1-10(3-4-20(31)32)17(27)15(13)19(29)30/h1-2,7,9,11,16,27,31-32H,3-6,8,21H2,(H,25,26)(H,29,30). The molecule has 0 spiro atoms. The fraction of sp³-hybridized carbons (Fsp3) is 0.368. The number of carbonyl (C=O) groups is 3. The maximum atomic E-state index is 12.6. The van der Waals surface area contributed by atoms with Crippen LogP contribution in [0.2, 0.25) is 6.32 Å². The summed E-state index contributed by atoms with van der Waals surface area (Å²) in [5.74, 6) is -3.53. The van der Waals surface area contributed by atoms with Crippen molar-refractivity contribution in [2.45, 2.75) is 31.4 Å². The van der Waals surface area contributed by atoms with Crippen LogP contribution in [0.5, 0.6) is 11.5 Å². The molecule has 176 valence electrons. The van der Waals surface area contributed by atoms with Crippen LogP contribution < -0.4 is 10.5 Å². The van der Waals surface area contributed by atoms with Crippen LogP contribution in [-0.2, 0) is 22.6 Å². The molecule has 1 aliphatic rings. The number of aromatic carboxylic acids is 1. The van der Waals surface area contributed by atoms with Crippen molar-refractivity contribution in [2.75, 3.05) is 13.1 Å². The van der Waals surface area contributed by atoms with E-state index in [0.717, 1.165) is 0 Å². The van der Waals surface area contributed by atoms with Crippen LogP contribution in [0.3, 0.4) is 0 Å². The normalized spacial score (nSPS) is 14.5. The highest BCUT2D eigenvalue weighted by Gasteiger charge is 2.37. The molecule has 0 saturated carbocycles. The van der Waals surface area contributed by atoms with Gasteiger partial charge in [0.15, 0.2) is 0 Å². The molecule has 1 aromatic heterocycles. The molecule has 1 fully saturated rings. The van der Waals surface area contributed by atoms with Gasteiger partial charge < -0.3 is 45.3 Å². The second kappa shape index (κ2) is 9.89. The fourth-order valence-corrected chi connectivity index (χ4v) is 3.38. The Kier molecular flexibility index (Phi) is 7.21. The number of nitrogens with two attached hydrogens (primary N) is 1. The summed E-state index contributed by atoms with van der Waals surface area (Å²) in [6.45, 7) is -0.0625. The Bertz CT molecular complexity index is 1050. The molecule has 0 aliphatic carbocycles. The number of hydrogen-bond acceptors (Lipinski definition) is 9. The predicted molar refractivity (Wildman–Crippen MR) is 112 cm³/mol. The number of amides is 1. The van der Waals surface area contributed by atoms with Crippen LogP contribution >= 0.6 is 0 Å². The highest BCUT2D eigenvalue weighted by atomic mass is 16.5. The minimum absolute atomic E-state index is 0.0515. The summed E-state index contributed by atoms with van der Waals surface area (Å²) in [6, 6.07) is 1.71. The Hall–Kier alpha value is -3.62. The summed E-state index contributed by atoms with van der Waals surface area (Å²) in [5, 5.41) is 46.5. The van der Waals surface area contributed by atoms with Crippen LogP contribution in [0, 0.1) is 0 Å². The number of aryl methyl sites for hydroxylation is 1. The van der Waals surface area contributed by atoms with E-state index in [2.05, 4.69) is 4.98 Å². The number of carboxylic acids is 2. The molecule has 0 radical (unpaired) electrons. The van der Waals surface area contributed by atoms with Crippen LogP contribution in [0.15, 0.2) is 24.7 Å². The zero-order valence-electron chi connectivity index (χ0n) is 17.4. The van der Waals surface area contributed by atoms with E-state index in [0.29, 0.717) is 0 Å². The van der Waals surface area contributed by atoms with Crippen molar-refractivity contribution >= 4 is 25.0 Å². The maximum Gasteiger partial charge on any atom is 0.451 e. The predicted octanol–water partition coefficient (Wildman–Crippen LogP) is -1.32. The topological polar surface area (TPSA) is 209 Å². The Morgan fingerprint density at radius 2 is 1.94 bits per heavy atom. The number of phenols is 1. The summed E-state index contributed by atoms with van der Waals surface area (Å²) in [5.41, 5.74) is 5.93. The van der Waals surface area contributed by atoms with Crippen LogP contribution in [0.4, 0.5) is 0 Å². The van der Waals surface area contributed by atoms with Crippen molar-refractivity contribution in [3.05, 3.63) is 41.5 Å². The van der Waals surface area contributed by atoms with Gasteiger partial charge >= 0.3 is 19.1 Å². The van der Waals surface area contributed by atoms with Crippen molar-refractivity contribution in [3.8, 4) is 11.5 Å². The van der Waals surface area contributed by atoms with E-state index in [1.165, 1.54) is 34.1 Å². The van der Waals surface area contributed by atoms with E-state index >= 15 is 0 Å². The lowest BCUT2D eigenvalue weighted by molar-refractivity contribution is -0.141. The summed E-state index contributed by atoms with van der Waals surface area (Å²) < 4.78 is 6.95. The van der Waals surface area contributed by atoms with Gasteiger partial charge in [0, 0.05) is 6.20 Å². The van der Waals surface area contributed by atoms with Crippen molar-refractivity contribution in [1.29, 1.82) is 0 Å². The average Bonchev–Trinajstić information content (AvgIpc) is 3.15. The third-order valence-electron chi connectivity index (χ3n) is 5.12. The largest absolute Gasteiger partial charge is 0.507 e. The van der Waals surface area contributed by atoms with Gasteiger partial charge in [-0.1, -0.05) is 6.07 Å². The third-order valence-corrected chi connectivity index (χ3v) is 5.12. The quantitative estimate of drug-likeness (QED) is 0.228. The first-order valence-electron chi connectivity index (χ1n) is 9.95. The zero-order chi connectivity index (χ0) is 24.3. The van der Waals surface area contributed by atoms with Gasteiger partial charge in [0.2, 0.25) is 5.91 Å². The van der Waals surface area contributed by atoms with Gasteiger partial charge in [-0.25, -0.2) is 9.78 Å². The minimum atomic E-state index is -1.59. The number of aromatic hydroxyl groups is 1. The summed E-state index contributed by atoms with van der Waals surface area (Å²) in [7, 11) is -1.59. The SMILES string of the molecule is NC(C(=O)N1CC(Oc2ccc(CCB(O)O)c(O)c2C(=O)O)C1)c1cn(CC(=O)O)cn1. The number of likely N-dealkylation sites (tertiary alicyclic amines) is 1. The summed E-state index contributed by atoms with van der Waals surface area (Å²) in [4.78, 5) is 40.3. The van der Waals surface area contributed by atoms with Gasteiger partial charge in [-0.3, -0.25) is 9.59 Å². The molecule has 13 nitrogen and oxygen atoms in total. The highest BCUT2D eigenvalue weighted by molar-refractivity contribution is 6.41. The molecule has 1 aromatic carbocycles. The monoisotopic (exact) mass is 462 g/mol. The van der Waals surface area contributed by atoms with Crippen molar-refractivity contribution in [3.63, 3.8) is 0 Å². The smallest absolute Gasteiger partial charge is 0.451 e. The lowest BCUT2D eigenvalue weighted by Gasteiger charge is -2.40. The highest BCUT2D eigenvalue weighted by Crippen LogP contribution is 2.34. The molecule has 1 atom stereocenters. The number of imidazole rings is 1. The number of ether oxygens (including phenoxy) is 1. The molecule has 0 bridgehead atoms. The van der Waals surface area contributed by atoms with E-state index in [9.17, 15) is 24.6 Å². The van der Waals surface area contributed by atoms with Crippen molar-refractivity contribution in [1.82, 2.24) is 14.5 Å². The molecular formula is C19H23BN4O9. The maximum absolute atomic E-state index is 12.6. The van der Waals surface area contributed by atoms with Crippen molar-refractivity contribution < 1.29 is 44.5 Å². The first kappa shape index (κ1) is 24.0. The van der Waals surface area contributed by atoms with Gasteiger partial charge in [-0.2, -0.15) is 0 Å². The van der Waals surface area contributed by atoms with Gasteiger partial charge in [-0.05, 0) is 24.4 Å². The van der Waals surface area contributed by atoms with Crippen LogP contribution in [0.1, 0.15) is 27.7 Å². The first-order chi connectivity index (χ1) is 15.6. The molecular weight excluding hydrogens is 439 g/mol. The molecule has 1 unspecified atom stereocenters. The molecule has 2 heterocycles. The number of aromatic nitrogens is 2. The lowest BCUT2D eigenvalue weighted by Crippen LogP contribution is -2.58. The first-order valence-corrected chi connectivity index (χ1v) is 9.95. The Labute approximate surface area is 187 Å². The van der Waals surface area contributed by atoms with Crippen LogP contribution in [0.25, 0.3) is 0 Å². The summed E-state index contributed by atoms with van der Waals surface area (Å²) >= 11 is 0. The van der Waals surface area contributed by atoms with E-state index in [-0.39, 0.29) is 49.4 Å². The number of carbonyl (C=O) groups excluding carboxylic acids is 1. The number of aliphatic carboxylic acids is 1. The number of benzene rings is 1.